The monoisotopic (exact) mass is 450 g/mol. The molecule has 1 aliphatic carbocycles. The Morgan fingerprint density at radius 3 is 2.70 bits per heavy atom. The second kappa shape index (κ2) is 11.0. The number of aliphatic imine (C=N–C) groups is 2. The number of carbonyl (C=O) groups excluding carboxylic acids is 1. The molecule has 1 N–H and O–H groups in total. The predicted octanol–water partition coefficient (Wildman–Crippen LogP) is 2.91. The first-order valence-electron chi connectivity index (χ1n) is 11.4. The van der Waals surface area contributed by atoms with Crippen LogP contribution in [0.25, 0.3) is 11.0 Å². The first-order chi connectivity index (χ1) is 16.2. The number of morpholine rings is 1. The van der Waals surface area contributed by atoms with Crippen LogP contribution in [0.1, 0.15) is 32.6 Å². The fraction of sp³-hybridized carbons (Fsp3) is 0.458. The number of nitrogens with one attached hydrogen (secondary N) is 1. The highest BCUT2D eigenvalue weighted by Crippen LogP contribution is 2.32. The van der Waals surface area contributed by atoms with Gasteiger partial charge in [-0.1, -0.05) is 6.08 Å². The van der Waals surface area contributed by atoms with E-state index in [-0.39, 0.29) is 23.9 Å². The summed E-state index contributed by atoms with van der Waals surface area (Å²) in [7, 11) is 0. The van der Waals surface area contributed by atoms with Crippen LogP contribution >= 0.6 is 0 Å². The van der Waals surface area contributed by atoms with Gasteiger partial charge in [0.15, 0.2) is 0 Å². The molecule has 174 valence electrons. The highest BCUT2D eigenvalue weighted by atomic mass is 16.5. The number of rotatable bonds is 5. The Hall–Kier alpha value is -3.33. The van der Waals surface area contributed by atoms with Gasteiger partial charge in [0.1, 0.15) is 11.3 Å². The minimum Gasteiger partial charge on any atom is -0.488 e. The Balaban J connectivity index is 1.41. The van der Waals surface area contributed by atoms with Gasteiger partial charge in [-0.3, -0.25) is 9.78 Å². The smallest absolute Gasteiger partial charge is 0.289 e. The lowest BCUT2D eigenvalue weighted by Gasteiger charge is -2.31. The number of ether oxygens (including phenoxy) is 2. The summed E-state index contributed by atoms with van der Waals surface area (Å²) in [5, 5.41) is 3.01. The molecule has 1 saturated heterocycles. The van der Waals surface area contributed by atoms with Crippen LogP contribution in [0.2, 0.25) is 0 Å². The topological polar surface area (TPSA) is 101 Å². The average molecular weight is 451 g/mol. The van der Waals surface area contributed by atoms with E-state index in [1.807, 2.05) is 6.92 Å². The van der Waals surface area contributed by atoms with Crippen molar-refractivity contribution in [3.8, 4) is 5.75 Å². The number of hydrogen-bond acceptors (Lipinski definition) is 7. The average Bonchev–Trinajstić information content (AvgIpc) is 2.86. The normalized spacial score (nSPS) is 21.8. The van der Waals surface area contributed by atoms with Crippen LogP contribution in [0.3, 0.4) is 0 Å². The highest BCUT2D eigenvalue weighted by Gasteiger charge is 2.26. The molecule has 1 aromatic heterocycles. The van der Waals surface area contributed by atoms with E-state index in [1.165, 1.54) is 6.20 Å². The number of nitrogens with zero attached hydrogens (tertiary/aromatic N) is 5. The largest absolute Gasteiger partial charge is 0.488 e. The molecule has 0 bridgehead atoms. The number of fused-ring (bicyclic) bond motifs is 1. The Kier molecular flexibility index (Phi) is 7.62. The quantitative estimate of drug-likeness (QED) is 0.555. The number of hydrogen-bond donors (Lipinski definition) is 1. The van der Waals surface area contributed by atoms with E-state index in [4.69, 9.17) is 9.47 Å². The summed E-state index contributed by atoms with van der Waals surface area (Å²) in [6, 6.07) is 4.19. The third kappa shape index (κ3) is 5.73. The van der Waals surface area contributed by atoms with Gasteiger partial charge in [0.25, 0.3) is 5.91 Å². The zero-order chi connectivity index (χ0) is 23.0. The summed E-state index contributed by atoms with van der Waals surface area (Å²) in [6.07, 6.45) is 10.0. The van der Waals surface area contributed by atoms with E-state index in [0.717, 1.165) is 61.2 Å². The maximum Gasteiger partial charge on any atom is 0.289 e. The fourth-order valence-corrected chi connectivity index (χ4v) is 4.19. The van der Waals surface area contributed by atoms with Gasteiger partial charge in [-0.05, 0) is 45.4 Å². The van der Waals surface area contributed by atoms with Gasteiger partial charge < -0.3 is 19.7 Å². The van der Waals surface area contributed by atoms with Gasteiger partial charge in [0.2, 0.25) is 5.84 Å². The maximum absolute atomic E-state index is 12.4. The molecule has 1 saturated carbocycles. The van der Waals surface area contributed by atoms with E-state index in [0.29, 0.717) is 13.2 Å². The molecule has 33 heavy (non-hydrogen) atoms. The van der Waals surface area contributed by atoms with Gasteiger partial charge in [0.05, 0.1) is 24.8 Å². The van der Waals surface area contributed by atoms with Crippen molar-refractivity contribution in [3.63, 3.8) is 0 Å². The molecule has 2 heterocycles. The molecule has 2 aromatic rings. The SMILES string of the molecule is C=NC(=N/C=C\C)C(=O)NC1CCC(Oc2cc(N3CCOCC3)cc3nccnc23)CC1. The number of amidine groups is 1. The minimum atomic E-state index is -0.299. The van der Waals surface area contributed by atoms with Crippen molar-refractivity contribution in [2.45, 2.75) is 44.8 Å². The van der Waals surface area contributed by atoms with Crippen LogP contribution in [-0.4, -0.2) is 66.9 Å². The summed E-state index contributed by atoms with van der Waals surface area (Å²) in [5.41, 5.74) is 2.67. The van der Waals surface area contributed by atoms with Crippen molar-refractivity contribution in [2.75, 3.05) is 31.2 Å². The third-order valence-electron chi connectivity index (χ3n) is 5.90. The van der Waals surface area contributed by atoms with Gasteiger partial charge in [-0.15, -0.1) is 0 Å². The van der Waals surface area contributed by atoms with Gasteiger partial charge in [0, 0.05) is 49.5 Å². The molecular formula is C24H30N6O3. The number of carbonyl (C=O) groups is 1. The standard InChI is InChI=1S/C24H30N6O3/c1-3-8-28-23(25-2)24(31)29-17-4-6-19(7-5-17)33-21-16-18(30-11-13-32-14-12-30)15-20-22(21)27-10-9-26-20/h3,8-10,15-17,19H,2,4-7,11-14H2,1H3,(H,29,31)/b8-3-,28-23?. The molecule has 0 unspecified atom stereocenters. The number of allylic oxidation sites excluding steroid dienone is 1. The van der Waals surface area contributed by atoms with Gasteiger partial charge >= 0.3 is 0 Å². The fourth-order valence-electron chi connectivity index (χ4n) is 4.19. The molecule has 1 aromatic carbocycles. The maximum atomic E-state index is 12.4. The van der Waals surface area contributed by atoms with Crippen LogP contribution < -0.4 is 15.0 Å². The first kappa shape index (κ1) is 22.8. The van der Waals surface area contributed by atoms with Crippen molar-refractivity contribution in [3.05, 3.63) is 36.8 Å². The molecule has 2 fully saturated rings. The minimum absolute atomic E-state index is 0.0528. The molecule has 4 rings (SSSR count). The zero-order valence-corrected chi connectivity index (χ0v) is 18.9. The van der Waals surface area contributed by atoms with Gasteiger partial charge in [-0.25, -0.2) is 15.0 Å². The lowest BCUT2D eigenvalue weighted by Crippen LogP contribution is -2.42. The van der Waals surface area contributed by atoms with Crippen molar-refractivity contribution < 1.29 is 14.3 Å². The Morgan fingerprint density at radius 1 is 1.21 bits per heavy atom. The van der Waals surface area contributed by atoms with Crippen LogP contribution in [0.15, 0.2) is 46.8 Å². The molecule has 0 spiro atoms. The molecular weight excluding hydrogens is 420 g/mol. The lowest BCUT2D eigenvalue weighted by atomic mass is 9.93. The predicted molar refractivity (Wildman–Crippen MR) is 129 cm³/mol. The van der Waals surface area contributed by atoms with Crippen molar-refractivity contribution in [1.82, 2.24) is 15.3 Å². The van der Waals surface area contributed by atoms with Crippen molar-refractivity contribution >= 4 is 35.2 Å². The summed E-state index contributed by atoms with van der Waals surface area (Å²) in [5.74, 6) is 0.537. The molecule has 0 radical (unpaired) electrons. The number of aromatic nitrogens is 2. The second-order valence-electron chi connectivity index (χ2n) is 8.13. The van der Waals surface area contributed by atoms with Crippen molar-refractivity contribution in [1.29, 1.82) is 0 Å². The molecule has 9 heteroatoms. The van der Waals surface area contributed by atoms with Crippen LogP contribution in [0.4, 0.5) is 5.69 Å². The Morgan fingerprint density at radius 2 is 1.97 bits per heavy atom. The first-order valence-corrected chi connectivity index (χ1v) is 11.4. The van der Waals surface area contributed by atoms with E-state index in [2.05, 4.69) is 49.0 Å². The van der Waals surface area contributed by atoms with E-state index < -0.39 is 0 Å². The third-order valence-corrected chi connectivity index (χ3v) is 5.90. The molecule has 9 nitrogen and oxygen atoms in total. The number of amides is 1. The summed E-state index contributed by atoms with van der Waals surface area (Å²) >= 11 is 0. The van der Waals surface area contributed by atoms with E-state index in [1.54, 1.807) is 18.5 Å². The summed E-state index contributed by atoms with van der Waals surface area (Å²) in [4.78, 5) is 31.4. The van der Waals surface area contributed by atoms with E-state index >= 15 is 0 Å². The van der Waals surface area contributed by atoms with Crippen LogP contribution in [-0.2, 0) is 9.53 Å². The van der Waals surface area contributed by atoms with Crippen LogP contribution in [0.5, 0.6) is 5.75 Å². The molecule has 2 aliphatic rings. The van der Waals surface area contributed by atoms with E-state index in [9.17, 15) is 4.79 Å². The Bertz CT molecular complexity index is 1040. The lowest BCUT2D eigenvalue weighted by molar-refractivity contribution is -0.115. The van der Waals surface area contributed by atoms with Crippen LogP contribution in [0, 0.1) is 0 Å². The Labute approximate surface area is 193 Å². The number of anilines is 1. The molecule has 1 amide bonds. The number of benzene rings is 1. The molecule has 0 atom stereocenters. The van der Waals surface area contributed by atoms with Crippen molar-refractivity contribution in [2.24, 2.45) is 9.98 Å². The zero-order valence-electron chi connectivity index (χ0n) is 18.9. The van der Waals surface area contributed by atoms with Gasteiger partial charge in [-0.2, -0.15) is 0 Å². The summed E-state index contributed by atoms with van der Waals surface area (Å²) in [6.45, 7) is 8.38. The summed E-state index contributed by atoms with van der Waals surface area (Å²) < 4.78 is 11.9. The molecule has 1 aliphatic heterocycles. The second-order valence-corrected chi connectivity index (χ2v) is 8.13. The highest BCUT2D eigenvalue weighted by molar-refractivity contribution is 6.39.